The smallest absolute Gasteiger partial charge is 0.0102 e. The van der Waals surface area contributed by atoms with Crippen molar-refractivity contribution in [3.05, 3.63) is 35.9 Å². The Kier molecular flexibility index (Phi) is 2.28. The molecule has 0 aliphatic heterocycles. The van der Waals surface area contributed by atoms with Gasteiger partial charge in [0.05, 0.1) is 0 Å². The van der Waals surface area contributed by atoms with Crippen LogP contribution in [0.3, 0.4) is 0 Å². The second kappa shape index (κ2) is 3.64. The van der Waals surface area contributed by atoms with Crippen LogP contribution in [0.2, 0.25) is 0 Å². The molecule has 1 nitrogen and oxygen atoms in total. The van der Waals surface area contributed by atoms with Crippen molar-refractivity contribution < 1.29 is 0 Å². The summed E-state index contributed by atoms with van der Waals surface area (Å²) >= 11 is 0. The van der Waals surface area contributed by atoms with Gasteiger partial charge in [-0.2, -0.15) is 0 Å². The van der Waals surface area contributed by atoms with Crippen LogP contribution in [-0.2, 0) is 6.42 Å². The third kappa shape index (κ3) is 1.59. The van der Waals surface area contributed by atoms with Crippen molar-refractivity contribution in [2.24, 2.45) is 23.5 Å². The molecule has 3 rings (SSSR count). The van der Waals surface area contributed by atoms with Crippen LogP contribution in [0.15, 0.2) is 30.3 Å². The zero-order valence-corrected chi connectivity index (χ0v) is 9.10. The van der Waals surface area contributed by atoms with Crippen molar-refractivity contribution in [3.8, 4) is 0 Å². The molecule has 2 fully saturated rings. The summed E-state index contributed by atoms with van der Waals surface area (Å²) in [4.78, 5) is 0. The van der Waals surface area contributed by atoms with Crippen LogP contribution in [0.5, 0.6) is 0 Å². The molecule has 2 saturated carbocycles. The van der Waals surface area contributed by atoms with E-state index >= 15 is 0 Å². The third-order valence-electron chi connectivity index (χ3n) is 4.47. The van der Waals surface area contributed by atoms with Crippen molar-refractivity contribution in [1.82, 2.24) is 0 Å². The Morgan fingerprint density at radius 1 is 1.07 bits per heavy atom. The molecule has 80 valence electrons. The monoisotopic (exact) mass is 201 g/mol. The van der Waals surface area contributed by atoms with Crippen molar-refractivity contribution in [3.63, 3.8) is 0 Å². The SMILES string of the molecule is N[C@H]1[C@@H]2CC[C@@H](C2)[C@H]1Cc1ccccc1. The van der Waals surface area contributed by atoms with Gasteiger partial charge in [0.2, 0.25) is 0 Å². The maximum Gasteiger partial charge on any atom is 0.0102 e. The molecule has 0 spiro atoms. The van der Waals surface area contributed by atoms with Crippen LogP contribution >= 0.6 is 0 Å². The van der Waals surface area contributed by atoms with Gasteiger partial charge in [0, 0.05) is 6.04 Å². The third-order valence-corrected chi connectivity index (χ3v) is 4.47. The second-order valence-corrected chi connectivity index (χ2v) is 5.26. The molecular weight excluding hydrogens is 182 g/mol. The maximum atomic E-state index is 6.31. The zero-order valence-electron chi connectivity index (χ0n) is 9.10. The number of benzene rings is 1. The van der Waals surface area contributed by atoms with Crippen molar-refractivity contribution in [1.29, 1.82) is 0 Å². The van der Waals surface area contributed by atoms with Crippen LogP contribution in [0.1, 0.15) is 24.8 Å². The molecule has 0 heterocycles. The molecule has 0 aromatic heterocycles. The predicted molar refractivity (Wildman–Crippen MR) is 62.4 cm³/mol. The van der Waals surface area contributed by atoms with E-state index in [0.29, 0.717) is 6.04 Å². The van der Waals surface area contributed by atoms with Crippen molar-refractivity contribution in [2.75, 3.05) is 0 Å². The average Bonchev–Trinajstić information content (AvgIpc) is 2.84. The summed E-state index contributed by atoms with van der Waals surface area (Å²) in [5.74, 6) is 2.51. The molecule has 2 aliphatic rings. The minimum atomic E-state index is 0.476. The fourth-order valence-corrected chi connectivity index (χ4v) is 3.64. The van der Waals surface area contributed by atoms with E-state index in [4.69, 9.17) is 5.73 Å². The van der Waals surface area contributed by atoms with E-state index in [1.165, 1.54) is 31.2 Å². The second-order valence-electron chi connectivity index (χ2n) is 5.26. The quantitative estimate of drug-likeness (QED) is 0.782. The first-order chi connectivity index (χ1) is 7.34. The molecule has 0 amide bonds. The summed E-state index contributed by atoms with van der Waals surface area (Å²) in [5, 5.41) is 0. The van der Waals surface area contributed by atoms with Crippen LogP contribution in [0.25, 0.3) is 0 Å². The molecular formula is C14H19N. The fraction of sp³-hybridized carbons (Fsp3) is 0.571. The summed E-state index contributed by atoms with van der Waals surface area (Å²) in [6.07, 6.45) is 5.41. The highest BCUT2D eigenvalue weighted by molar-refractivity contribution is 5.17. The van der Waals surface area contributed by atoms with E-state index in [9.17, 15) is 0 Å². The molecule has 1 heteroatoms. The molecule has 1 aromatic carbocycles. The highest BCUT2D eigenvalue weighted by Crippen LogP contribution is 2.48. The molecule has 2 bridgehead atoms. The van der Waals surface area contributed by atoms with E-state index in [1.54, 1.807) is 0 Å². The normalized spacial score (nSPS) is 38.5. The Morgan fingerprint density at radius 2 is 1.80 bits per heavy atom. The Hall–Kier alpha value is -0.820. The van der Waals surface area contributed by atoms with E-state index in [0.717, 1.165) is 17.8 Å². The minimum Gasteiger partial charge on any atom is -0.327 e. The number of rotatable bonds is 2. The predicted octanol–water partition coefficient (Wildman–Crippen LogP) is 2.60. The highest BCUT2D eigenvalue weighted by atomic mass is 14.7. The summed E-state index contributed by atoms with van der Waals surface area (Å²) in [7, 11) is 0. The first-order valence-corrected chi connectivity index (χ1v) is 6.14. The van der Waals surface area contributed by atoms with Crippen LogP contribution < -0.4 is 5.73 Å². The first kappa shape index (κ1) is 9.41. The largest absolute Gasteiger partial charge is 0.327 e. The Morgan fingerprint density at radius 3 is 2.47 bits per heavy atom. The summed E-state index contributed by atoms with van der Waals surface area (Å²) in [6.45, 7) is 0. The van der Waals surface area contributed by atoms with E-state index in [2.05, 4.69) is 30.3 Å². The lowest BCUT2D eigenvalue weighted by Crippen LogP contribution is -2.36. The highest BCUT2D eigenvalue weighted by Gasteiger charge is 2.45. The van der Waals surface area contributed by atoms with Gasteiger partial charge in [0.1, 0.15) is 0 Å². The van der Waals surface area contributed by atoms with Gasteiger partial charge in [-0.05, 0) is 49.0 Å². The molecule has 4 atom stereocenters. The van der Waals surface area contributed by atoms with Crippen molar-refractivity contribution in [2.45, 2.75) is 31.7 Å². The Bertz CT molecular complexity index is 330. The van der Waals surface area contributed by atoms with Gasteiger partial charge in [-0.15, -0.1) is 0 Å². The lowest BCUT2D eigenvalue weighted by atomic mass is 9.81. The molecule has 15 heavy (non-hydrogen) atoms. The standard InChI is InChI=1S/C14H19N/c15-14-12-7-6-11(9-12)13(14)8-10-4-2-1-3-5-10/h1-5,11-14H,6-9,15H2/t11-,12+,13+,14-/m0/s1. The van der Waals surface area contributed by atoms with Gasteiger partial charge in [-0.25, -0.2) is 0 Å². The van der Waals surface area contributed by atoms with Crippen LogP contribution in [0.4, 0.5) is 0 Å². The molecule has 0 radical (unpaired) electrons. The van der Waals surface area contributed by atoms with Gasteiger partial charge < -0.3 is 5.73 Å². The lowest BCUT2D eigenvalue weighted by Gasteiger charge is -2.28. The Balaban J connectivity index is 1.74. The molecule has 1 aromatic rings. The molecule has 2 aliphatic carbocycles. The number of hydrogen-bond acceptors (Lipinski definition) is 1. The van der Waals surface area contributed by atoms with Gasteiger partial charge in [-0.1, -0.05) is 30.3 Å². The summed E-state index contributed by atoms with van der Waals surface area (Å²) in [6, 6.07) is 11.3. The first-order valence-electron chi connectivity index (χ1n) is 6.14. The van der Waals surface area contributed by atoms with Gasteiger partial charge in [-0.3, -0.25) is 0 Å². The minimum absolute atomic E-state index is 0.476. The maximum absolute atomic E-state index is 6.31. The zero-order chi connectivity index (χ0) is 10.3. The summed E-state index contributed by atoms with van der Waals surface area (Å²) < 4.78 is 0. The van der Waals surface area contributed by atoms with Gasteiger partial charge in [0.25, 0.3) is 0 Å². The number of nitrogens with two attached hydrogens (primary N) is 1. The summed E-state index contributed by atoms with van der Waals surface area (Å²) in [5.41, 5.74) is 7.78. The van der Waals surface area contributed by atoms with Crippen molar-refractivity contribution >= 4 is 0 Å². The number of fused-ring (bicyclic) bond motifs is 2. The Labute approximate surface area is 91.7 Å². The molecule has 0 unspecified atom stereocenters. The van der Waals surface area contributed by atoms with E-state index in [1.807, 2.05) is 0 Å². The topological polar surface area (TPSA) is 26.0 Å². The average molecular weight is 201 g/mol. The molecule has 2 N–H and O–H groups in total. The van der Waals surface area contributed by atoms with E-state index in [-0.39, 0.29) is 0 Å². The van der Waals surface area contributed by atoms with Crippen LogP contribution in [-0.4, -0.2) is 6.04 Å². The van der Waals surface area contributed by atoms with E-state index < -0.39 is 0 Å². The number of hydrogen-bond donors (Lipinski definition) is 1. The fourth-order valence-electron chi connectivity index (χ4n) is 3.64. The van der Waals surface area contributed by atoms with Crippen LogP contribution in [0, 0.1) is 17.8 Å². The molecule has 0 saturated heterocycles. The van der Waals surface area contributed by atoms with Gasteiger partial charge >= 0.3 is 0 Å². The lowest BCUT2D eigenvalue weighted by molar-refractivity contribution is 0.287. The van der Waals surface area contributed by atoms with Gasteiger partial charge in [0.15, 0.2) is 0 Å².